The zero-order chi connectivity index (χ0) is 8.97. The zero-order valence-electron chi connectivity index (χ0n) is 6.37. The summed E-state index contributed by atoms with van der Waals surface area (Å²) in [5, 5.41) is 8.33. The van der Waals surface area contributed by atoms with Crippen LogP contribution in [0.2, 0.25) is 0 Å². The van der Waals surface area contributed by atoms with Gasteiger partial charge in [-0.05, 0) is 11.6 Å². The molecule has 1 rings (SSSR count). The number of rotatable bonds is 2. The normalized spacial score (nSPS) is 12.1. The Morgan fingerprint density at radius 3 is 2.92 bits per heavy atom. The highest BCUT2D eigenvalue weighted by Gasteiger charge is 2.04. The summed E-state index contributed by atoms with van der Waals surface area (Å²) in [6, 6.07) is 4.32. The van der Waals surface area contributed by atoms with Gasteiger partial charge in [0.2, 0.25) is 5.95 Å². The molecule has 0 saturated carbocycles. The van der Waals surface area contributed by atoms with Crippen molar-refractivity contribution in [3.8, 4) is 6.07 Å². The highest BCUT2D eigenvalue weighted by molar-refractivity contribution is 5.14. The number of nitrogens with zero attached hydrogens (tertiary/aromatic N) is 2. The summed E-state index contributed by atoms with van der Waals surface area (Å²) in [7, 11) is 0. The first-order chi connectivity index (χ1) is 5.74. The van der Waals surface area contributed by atoms with E-state index in [0.717, 1.165) is 0 Å². The van der Waals surface area contributed by atoms with Crippen LogP contribution in [0.25, 0.3) is 0 Å². The van der Waals surface area contributed by atoms with Crippen molar-refractivity contribution in [2.24, 2.45) is 5.73 Å². The first-order valence-corrected chi connectivity index (χ1v) is 3.48. The van der Waals surface area contributed by atoms with Gasteiger partial charge in [-0.3, -0.25) is 0 Å². The molecule has 0 saturated heterocycles. The molecule has 1 atom stereocenters. The van der Waals surface area contributed by atoms with Crippen LogP contribution in [0, 0.1) is 17.3 Å². The summed E-state index contributed by atoms with van der Waals surface area (Å²) in [4.78, 5) is 3.43. The maximum atomic E-state index is 12.3. The summed E-state index contributed by atoms with van der Waals surface area (Å²) in [5.41, 5.74) is 6.25. The summed E-state index contributed by atoms with van der Waals surface area (Å²) in [6.07, 6.45) is 1.56. The molecule has 12 heavy (non-hydrogen) atoms. The highest BCUT2D eigenvalue weighted by atomic mass is 19.1. The number of halogens is 1. The molecule has 2 N–H and O–H groups in total. The van der Waals surface area contributed by atoms with Crippen molar-refractivity contribution in [2.45, 2.75) is 12.5 Å². The van der Waals surface area contributed by atoms with E-state index in [0.29, 0.717) is 5.56 Å². The Hall–Kier alpha value is -1.47. The van der Waals surface area contributed by atoms with Gasteiger partial charge in [-0.2, -0.15) is 9.65 Å². The minimum absolute atomic E-state index is 0.216. The molecule has 0 aliphatic carbocycles. The fraction of sp³-hybridized carbons (Fsp3) is 0.250. The molecular formula is C8H8FN3. The van der Waals surface area contributed by atoms with Gasteiger partial charge in [0, 0.05) is 12.2 Å². The first kappa shape index (κ1) is 8.62. The third-order valence-corrected chi connectivity index (χ3v) is 1.49. The zero-order valence-corrected chi connectivity index (χ0v) is 6.37. The van der Waals surface area contributed by atoms with E-state index in [1.54, 1.807) is 0 Å². The van der Waals surface area contributed by atoms with E-state index in [1.807, 2.05) is 6.07 Å². The number of aromatic nitrogens is 1. The van der Waals surface area contributed by atoms with Gasteiger partial charge in [0.25, 0.3) is 0 Å². The van der Waals surface area contributed by atoms with E-state index in [1.165, 1.54) is 18.3 Å². The molecule has 4 heteroatoms. The van der Waals surface area contributed by atoms with Crippen LogP contribution in [-0.2, 0) is 0 Å². The van der Waals surface area contributed by atoms with Crippen molar-refractivity contribution >= 4 is 0 Å². The largest absolute Gasteiger partial charge is 0.323 e. The first-order valence-electron chi connectivity index (χ1n) is 3.48. The van der Waals surface area contributed by atoms with Crippen molar-refractivity contribution in [2.75, 3.05) is 0 Å². The molecule has 0 spiro atoms. The fourth-order valence-electron chi connectivity index (χ4n) is 0.823. The molecule has 0 fully saturated rings. The van der Waals surface area contributed by atoms with E-state index in [2.05, 4.69) is 4.98 Å². The van der Waals surface area contributed by atoms with Crippen LogP contribution in [0.4, 0.5) is 4.39 Å². The maximum Gasteiger partial charge on any atom is 0.212 e. The van der Waals surface area contributed by atoms with E-state index < -0.39 is 5.95 Å². The van der Waals surface area contributed by atoms with Crippen LogP contribution >= 0.6 is 0 Å². The Bertz CT molecular complexity index is 288. The van der Waals surface area contributed by atoms with E-state index in [-0.39, 0.29) is 12.5 Å². The second kappa shape index (κ2) is 3.79. The summed E-state index contributed by atoms with van der Waals surface area (Å²) in [6.45, 7) is 0. The van der Waals surface area contributed by atoms with Crippen LogP contribution in [0.1, 0.15) is 18.0 Å². The van der Waals surface area contributed by atoms with Crippen LogP contribution in [0.5, 0.6) is 0 Å². The lowest BCUT2D eigenvalue weighted by atomic mass is 10.1. The molecule has 0 amide bonds. The summed E-state index contributed by atoms with van der Waals surface area (Å²) < 4.78 is 12.3. The van der Waals surface area contributed by atoms with Gasteiger partial charge in [-0.15, -0.1) is 0 Å². The van der Waals surface area contributed by atoms with Gasteiger partial charge in [0.15, 0.2) is 0 Å². The van der Waals surface area contributed by atoms with Crippen LogP contribution in [0.3, 0.4) is 0 Å². The van der Waals surface area contributed by atoms with Gasteiger partial charge in [-0.25, -0.2) is 4.98 Å². The molecule has 1 aromatic heterocycles. The van der Waals surface area contributed by atoms with Gasteiger partial charge in [-0.1, -0.05) is 6.07 Å². The minimum atomic E-state index is -0.539. The average molecular weight is 165 g/mol. The summed E-state index contributed by atoms with van der Waals surface area (Å²) in [5.74, 6) is -0.539. The topological polar surface area (TPSA) is 62.7 Å². The van der Waals surface area contributed by atoms with E-state index >= 15 is 0 Å². The minimum Gasteiger partial charge on any atom is -0.323 e. The molecule has 0 unspecified atom stereocenters. The average Bonchev–Trinajstić information content (AvgIpc) is 2.06. The van der Waals surface area contributed by atoms with Crippen molar-refractivity contribution in [3.63, 3.8) is 0 Å². The Balaban J connectivity index is 2.76. The molecule has 0 bridgehead atoms. The van der Waals surface area contributed by atoms with Crippen molar-refractivity contribution in [3.05, 3.63) is 29.8 Å². The highest BCUT2D eigenvalue weighted by Crippen LogP contribution is 2.11. The fourth-order valence-corrected chi connectivity index (χ4v) is 0.823. The molecule has 0 radical (unpaired) electrons. The summed E-state index contributed by atoms with van der Waals surface area (Å²) >= 11 is 0. The van der Waals surface area contributed by atoms with Crippen molar-refractivity contribution in [1.29, 1.82) is 5.26 Å². The second-order valence-electron chi connectivity index (χ2n) is 2.38. The molecule has 1 aromatic rings. The number of hydrogen-bond acceptors (Lipinski definition) is 3. The predicted molar refractivity (Wildman–Crippen MR) is 41.4 cm³/mol. The van der Waals surface area contributed by atoms with Crippen LogP contribution in [-0.4, -0.2) is 4.98 Å². The van der Waals surface area contributed by atoms with E-state index in [9.17, 15) is 4.39 Å². The lowest BCUT2D eigenvalue weighted by Gasteiger charge is -2.05. The smallest absolute Gasteiger partial charge is 0.212 e. The third kappa shape index (κ3) is 2.01. The van der Waals surface area contributed by atoms with Crippen molar-refractivity contribution < 1.29 is 4.39 Å². The Labute approximate surface area is 69.6 Å². The van der Waals surface area contributed by atoms with Gasteiger partial charge in [0.05, 0.1) is 12.5 Å². The Morgan fingerprint density at radius 2 is 2.42 bits per heavy atom. The molecule has 0 aliphatic heterocycles. The van der Waals surface area contributed by atoms with Gasteiger partial charge < -0.3 is 5.73 Å². The molecule has 0 aliphatic rings. The number of nitrogens with two attached hydrogens (primary N) is 1. The lowest BCUT2D eigenvalue weighted by Crippen LogP contribution is -2.09. The molecule has 1 heterocycles. The molecular weight excluding hydrogens is 157 g/mol. The number of nitriles is 1. The van der Waals surface area contributed by atoms with Gasteiger partial charge >= 0.3 is 0 Å². The quantitative estimate of drug-likeness (QED) is 0.668. The monoisotopic (exact) mass is 165 g/mol. The molecule has 62 valence electrons. The van der Waals surface area contributed by atoms with Crippen molar-refractivity contribution in [1.82, 2.24) is 4.98 Å². The lowest BCUT2D eigenvalue weighted by molar-refractivity contribution is 0.579. The maximum absolute atomic E-state index is 12.3. The number of pyridine rings is 1. The SMILES string of the molecule is N#CC[C@H](N)c1ccc(F)nc1. The van der Waals surface area contributed by atoms with Crippen LogP contribution in [0.15, 0.2) is 18.3 Å². The standard InChI is InChI=1S/C8H8FN3/c9-8-2-1-6(5-12-8)7(11)3-4-10/h1-2,5,7H,3,11H2/t7-/m0/s1. The Kier molecular flexibility index (Phi) is 2.72. The van der Waals surface area contributed by atoms with E-state index in [4.69, 9.17) is 11.0 Å². The molecule has 3 nitrogen and oxygen atoms in total. The van der Waals surface area contributed by atoms with Gasteiger partial charge in [0.1, 0.15) is 0 Å². The predicted octanol–water partition coefficient (Wildman–Crippen LogP) is 1.13. The molecule has 0 aromatic carbocycles. The third-order valence-electron chi connectivity index (χ3n) is 1.49. The number of hydrogen-bond donors (Lipinski definition) is 1. The van der Waals surface area contributed by atoms with Crippen LogP contribution < -0.4 is 5.73 Å². The Morgan fingerprint density at radius 1 is 1.67 bits per heavy atom. The second-order valence-corrected chi connectivity index (χ2v) is 2.38.